The third kappa shape index (κ3) is 4.16. The van der Waals surface area contributed by atoms with Crippen LogP contribution >= 0.6 is 0 Å². The summed E-state index contributed by atoms with van der Waals surface area (Å²) in [5, 5.41) is 6.20. The number of hydrogen-bond donors (Lipinski definition) is 2. The maximum atomic E-state index is 12.4. The molecule has 5 nitrogen and oxygen atoms in total. The summed E-state index contributed by atoms with van der Waals surface area (Å²) in [6.07, 6.45) is 9.29. The molecule has 0 unspecified atom stereocenters. The molecule has 1 saturated carbocycles. The Balaban J connectivity index is 2.78. The minimum Gasteiger partial charge on any atom is -0.357 e. The van der Waals surface area contributed by atoms with Crippen molar-refractivity contribution < 1.29 is 4.79 Å². The highest BCUT2D eigenvalue weighted by Crippen LogP contribution is 2.39. The van der Waals surface area contributed by atoms with Crippen molar-refractivity contribution >= 4 is 11.9 Å². The fraction of sp³-hybridized carbons (Fsp3) is 0.733. The standard InChI is InChI=1S/C15H26N4O/c1-5-11-17-14(16-6-2)18-12-15(9-7-8-10-15)13(20)19(3)4/h1H,6-12H2,2-4H3,(H2,16,17,18). The van der Waals surface area contributed by atoms with Crippen LogP contribution in [-0.2, 0) is 4.79 Å². The molecule has 1 aliphatic rings. The minimum absolute atomic E-state index is 0.187. The quantitative estimate of drug-likeness (QED) is 0.445. The van der Waals surface area contributed by atoms with Gasteiger partial charge in [0.2, 0.25) is 5.91 Å². The Morgan fingerprint density at radius 1 is 1.35 bits per heavy atom. The fourth-order valence-corrected chi connectivity index (χ4v) is 2.67. The van der Waals surface area contributed by atoms with E-state index >= 15 is 0 Å². The van der Waals surface area contributed by atoms with Crippen molar-refractivity contribution in [1.82, 2.24) is 15.5 Å². The summed E-state index contributed by atoms with van der Waals surface area (Å²) in [5.41, 5.74) is -0.331. The molecule has 0 heterocycles. The Labute approximate surface area is 122 Å². The van der Waals surface area contributed by atoms with Crippen LogP contribution in [0.25, 0.3) is 0 Å². The van der Waals surface area contributed by atoms with Crippen molar-refractivity contribution in [3.05, 3.63) is 0 Å². The van der Waals surface area contributed by atoms with Gasteiger partial charge in [-0.2, -0.15) is 0 Å². The first-order chi connectivity index (χ1) is 9.55. The van der Waals surface area contributed by atoms with E-state index in [2.05, 4.69) is 21.5 Å². The first-order valence-corrected chi connectivity index (χ1v) is 7.23. The Bertz CT molecular complexity index is 389. The van der Waals surface area contributed by atoms with Crippen LogP contribution in [0.15, 0.2) is 4.99 Å². The van der Waals surface area contributed by atoms with Crippen LogP contribution in [0.2, 0.25) is 0 Å². The Hall–Kier alpha value is -1.70. The highest BCUT2D eigenvalue weighted by Gasteiger charge is 2.41. The first kappa shape index (κ1) is 16.4. The van der Waals surface area contributed by atoms with Gasteiger partial charge in [-0.05, 0) is 19.8 Å². The molecule has 1 fully saturated rings. The summed E-state index contributed by atoms with van der Waals surface area (Å²) < 4.78 is 0. The summed E-state index contributed by atoms with van der Waals surface area (Å²) in [7, 11) is 3.63. The Morgan fingerprint density at radius 3 is 2.50 bits per heavy atom. The summed E-state index contributed by atoms with van der Waals surface area (Å²) in [5.74, 6) is 3.40. The van der Waals surface area contributed by atoms with Crippen LogP contribution in [0, 0.1) is 17.8 Å². The molecular formula is C15H26N4O. The molecule has 0 radical (unpaired) electrons. The van der Waals surface area contributed by atoms with Crippen LogP contribution < -0.4 is 10.6 Å². The molecule has 20 heavy (non-hydrogen) atoms. The molecular weight excluding hydrogens is 252 g/mol. The third-order valence-electron chi connectivity index (χ3n) is 3.66. The van der Waals surface area contributed by atoms with Crippen molar-refractivity contribution in [3.8, 4) is 12.3 Å². The van der Waals surface area contributed by atoms with Crippen molar-refractivity contribution in [2.24, 2.45) is 10.4 Å². The molecule has 5 heteroatoms. The smallest absolute Gasteiger partial charge is 0.230 e. The highest BCUT2D eigenvalue weighted by atomic mass is 16.2. The van der Waals surface area contributed by atoms with Gasteiger partial charge in [0.05, 0.1) is 18.5 Å². The van der Waals surface area contributed by atoms with Gasteiger partial charge in [0, 0.05) is 20.6 Å². The van der Waals surface area contributed by atoms with Crippen LogP contribution in [0.1, 0.15) is 32.6 Å². The molecule has 0 atom stereocenters. The lowest BCUT2D eigenvalue weighted by Gasteiger charge is -2.29. The van der Waals surface area contributed by atoms with Crippen molar-refractivity contribution in [2.45, 2.75) is 32.6 Å². The lowest BCUT2D eigenvalue weighted by molar-refractivity contribution is -0.138. The van der Waals surface area contributed by atoms with E-state index in [4.69, 9.17) is 6.42 Å². The average molecular weight is 278 g/mol. The second kappa shape index (κ2) is 7.78. The number of aliphatic imine (C=N–C) groups is 1. The van der Waals surface area contributed by atoms with E-state index in [1.54, 1.807) is 4.90 Å². The molecule has 0 aliphatic heterocycles. The number of nitrogens with one attached hydrogen (secondary N) is 2. The largest absolute Gasteiger partial charge is 0.357 e. The van der Waals surface area contributed by atoms with E-state index in [0.29, 0.717) is 19.0 Å². The molecule has 0 spiro atoms. The van der Waals surface area contributed by atoms with Gasteiger partial charge in [-0.15, -0.1) is 6.42 Å². The number of rotatable bonds is 5. The van der Waals surface area contributed by atoms with Gasteiger partial charge in [-0.3, -0.25) is 9.79 Å². The van der Waals surface area contributed by atoms with E-state index in [9.17, 15) is 4.79 Å². The maximum Gasteiger partial charge on any atom is 0.230 e. The number of amides is 1. The minimum atomic E-state index is -0.331. The zero-order valence-corrected chi connectivity index (χ0v) is 12.8. The van der Waals surface area contributed by atoms with Gasteiger partial charge >= 0.3 is 0 Å². The lowest BCUT2D eigenvalue weighted by atomic mass is 9.85. The molecule has 1 aliphatic carbocycles. The molecule has 0 aromatic carbocycles. The van der Waals surface area contributed by atoms with E-state index in [1.807, 2.05) is 21.0 Å². The van der Waals surface area contributed by atoms with Gasteiger partial charge < -0.3 is 15.5 Å². The number of carbonyl (C=O) groups excluding carboxylic acids is 1. The molecule has 1 amide bonds. The number of guanidine groups is 1. The van der Waals surface area contributed by atoms with Gasteiger partial charge in [-0.1, -0.05) is 18.8 Å². The number of terminal acetylenes is 1. The van der Waals surface area contributed by atoms with Gasteiger partial charge in [0.15, 0.2) is 5.96 Å². The van der Waals surface area contributed by atoms with E-state index in [0.717, 1.165) is 32.2 Å². The second-order valence-corrected chi connectivity index (χ2v) is 5.44. The fourth-order valence-electron chi connectivity index (χ4n) is 2.67. The second-order valence-electron chi connectivity index (χ2n) is 5.44. The summed E-state index contributed by atoms with van der Waals surface area (Å²) in [4.78, 5) is 18.7. The molecule has 112 valence electrons. The van der Waals surface area contributed by atoms with Crippen LogP contribution in [0.4, 0.5) is 0 Å². The number of hydrogen-bond acceptors (Lipinski definition) is 2. The summed E-state index contributed by atoms with van der Waals surface area (Å²) in [6, 6.07) is 0. The summed E-state index contributed by atoms with van der Waals surface area (Å²) >= 11 is 0. The average Bonchev–Trinajstić information content (AvgIpc) is 2.91. The van der Waals surface area contributed by atoms with Crippen molar-refractivity contribution in [2.75, 3.05) is 33.7 Å². The van der Waals surface area contributed by atoms with Gasteiger partial charge in [-0.25, -0.2) is 0 Å². The van der Waals surface area contributed by atoms with E-state index in [1.165, 1.54) is 0 Å². The number of nitrogens with zero attached hydrogens (tertiary/aromatic N) is 2. The zero-order valence-electron chi connectivity index (χ0n) is 12.8. The first-order valence-electron chi connectivity index (χ1n) is 7.23. The van der Waals surface area contributed by atoms with Crippen LogP contribution in [0.5, 0.6) is 0 Å². The SMILES string of the molecule is C#CCNC(=NCC1(C(=O)N(C)C)CCCC1)NCC. The topological polar surface area (TPSA) is 56.7 Å². The van der Waals surface area contributed by atoms with Gasteiger partial charge in [0.1, 0.15) is 0 Å². The summed E-state index contributed by atoms with van der Waals surface area (Å²) in [6.45, 7) is 3.72. The Kier molecular flexibility index (Phi) is 6.37. The molecule has 0 bridgehead atoms. The Morgan fingerprint density at radius 2 is 2.00 bits per heavy atom. The molecule has 2 N–H and O–H groups in total. The predicted molar refractivity (Wildman–Crippen MR) is 82.4 cm³/mol. The molecule has 0 aromatic rings. The highest BCUT2D eigenvalue weighted by molar-refractivity contribution is 5.84. The maximum absolute atomic E-state index is 12.4. The van der Waals surface area contributed by atoms with E-state index < -0.39 is 0 Å². The third-order valence-corrected chi connectivity index (χ3v) is 3.66. The monoisotopic (exact) mass is 278 g/mol. The van der Waals surface area contributed by atoms with Gasteiger partial charge in [0.25, 0.3) is 0 Å². The van der Waals surface area contributed by atoms with Crippen LogP contribution in [-0.4, -0.2) is 50.5 Å². The van der Waals surface area contributed by atoms with Crippen LogP contribution in [0.3, 0.4) is 0 Å². The predicted octanol–water partition coefficient (Wildman–Crippen LogP) is 0.823. The number of carbonyl (C=O) groups is 1. The lowest BCUT2D eigenvalue weighted by Crippen LogP contribution is -2.43. The van der Waals surface area contributed by atoms with Crippen molar-refractivity contribution in [3.63, 3.8) is 0 Å². The normalized spacial score (nSPS) is 17.4. The van der Waals surface area contributed by atoms with Crippen molar-refractivity contribution in [1.29, 1.82) is 0 Å². The molecule has 1 rings (SSSR count). The zero-order chi connectivity index (χ0) is 15.0. The molecule has 0 aromatic heterocycles. The van der Waals surface area contributed by atoms with E-state index in [-0.39, 0.29) is 11.3 Å². The molecule has 0 saturated heterocycles.